The van der Waals surface area contributed by atoms with Crippen molar-refractivity contribution < 1.29 is 19.0 Å². The van der Waals surface area contributed by atoms with E-state index >= 15 is 0 Å². The van der Waals surface area contributed by atoms with Crippen molar-refractivity contribution in [3.05, 3.63) is 54.6 Å². The van der Waals surface area contributed by atoms with Gasteiger partial charge in [-0.1, -0.05) is 30.3 Å². The molecule has 2 aromatic rings. The third-order valence-electron chi connectivity index (χ3n) is 3.62. The van der Waals surface area contributed by atoms with Crippen LogP contribution < -0.4 is 9.64 Å². The van der Waals surface area contributed by atoms with E-state index in [1.807, 2.05) is 54.6 Å². The molecule has 0 aromatic heterocycles. The summed E-state index contributed by atoms with van der Waals surface area (Å²) in [7, 11) is 1.72. The summed E-state index contributed by atoms with van der Waals surface area (Å²) in [6.07, 6.45) is -0.571. The minimum atomic E-state index is -0.571. The molecule has 1 amide bonds. The van der Waals surface area contributed by atoms with Crippen LogP contribution >= 0.6 is 0 Å². The molecule has 3 rings (SSSR count). The molecule has 0 saturated carbocycles. The lowest BCUT2D eigenvalue weighted by Crippen LogP contribution is -2.43. The number of likely N-dealkylation sites (N-methyl/N-ethyl adjacent to an activating group) is 1. The fourth-order valence-electron chi connectivity index (χ4n) is 2.40. The van der Waals surface area contributed by atoms with Crippen LogP contribution in [0, 0.1) is 0 Å². The zero-order valence-corrected chi connectivity index (χ0v) is 13.0. The smallest absolute Gasteiger partial charge is 0.258 e. The van der Waals surface area contributed by atoms with E-state index in [1.54, 1.807) is 11.9 Å². The molecule has 5 nitrogen and oxygen atoms in total. The van der Waals surface area contributed by atoms with E-state index in [-0.39, 0.29) is 12.5 Å². The number of carbonyl (C=O) groups excluding carboxylic acids is 1. The quantitative estimate of drug-likeness (QED) is 0.871. The second-order valence-corrected chi connectivity index (χ2v) is 5.21. The van der Waals surface area contributed by atoms with E-state index in [4.69, 9.17) is 14.2 Å². The van der Waals surface area contributed by atoms with Crippen molar-refractivity contribution in [2.24, 2.45) is 0 Å². The van der Waals surface area contributed by atoms with Gasteiger partial charge in [0, 0.05) is 7.05 Å². The topological polar surface area (TPSA) is 48.0 Å². The Morgan fingerprint density at radius 2 is 1.83 bits per heavy atom. The predicted molar refractivity (Wildman–Crippen MR) is 86.9 cm³/mol. The Labute approximate surface area is 135 Å². The highest BCUT2D eigenvalue weighted by Gasteiger charge is 2.27. The Hall–Kier alpha value is -2.37. The summed E-state index contributed by atoms with van der Waals surface area (Å²) in [5.41, 5.74) is 0.690. The Morgan fingerprint density at radius 1 is 1.09 bits per heavy atom. The van der Waals surface area contributed by atoms with Gasteiger partial charge in [-0.05, 0) is 24.3 Å². The second-order valence-electron chi connectivity index (χ2n) is 5.21. The normalized spacial score (nSPS) is 17.5. The van der Waals surface area contributed by atoms with Crippen LogP contribution in [0.15, 0.2) is 54.6 Å². The lowest BCUT2D eigenvalue weighted by molar-refractivity contribution is -0.144. The van der Waals surface area contributed by atoms with Crippen LogP contribution in [0.4, 0.5) is 5.69 Å². The number of ether oxygens (including phenoxy) is 3. The van der Waals surface area contributed by atoms with Gasteiger partial charge in [0.25, 0.3) is 5.91 Å². The van der Waals surface area contributed by atoms with E-state index in [2.05, 4.69) is 0 Å². The molecular weight excluding hydrogens is 294 g/mol. The van der Waals surface area contributed by atoms with Crippen molar-refractivity contribution in [1.29, 1.82) is 0 Å². The molecule has 1 heterocycles. The fourth-order valence-corrected chi connectivity index (χ4v) is 2.40. The van der Waals surface area contributed by atoms with E-state index < -0.39 is 6.10 Å². The van der Waals surface area contributed by atoms with Crippen molar-refractivity contribution in [3.63, 3.8) is 0 Å². The van der Waals surface area contributed by atoms with Crippen molar-refractivity contribution >= 4 is 11.6 Å². The van der Waals surface area contributed by atoms with Gasteiger partial charge in [-0.2, -0.15) is 0 Å². The Kier molecular flexibility index (Phi) is 4.90. The Balaban J connectivity index is 1.80. The highest BCUT2D eigenvalue weighted by molar-refractivity contribution is 5.97. The molecular formula is C18H19NO4. The van der Waals surface area contributed by atoms with Crippen molar-refractivity contribution in [2.75, 3.05) is 31.8 Å². The molecule has 23 heavy (non-hydrogen) atoms. The van der Waals surface area contributed by atoms with Gasteiger partial charge in [0.2, 0.25) is 0 Å². The zero-order valence-electron chi connectivity index (χ0n) is 13.0. The molecule has 1 atom stereocenters. The van der Waals surface area contributed by atoms with Crippen LogP contribution in [0.3, 0.4) is 0 Å². The summed E-state index contributed by atoms with van der Waals surface area (Å²) < 4.78 is 16.7. The number of para-hydroxylation sites is 3. The first-order chi connectivity index (χ1) is 11.3. The van der Waals surface area contributed by atoms with Gasteiger partial charge in [-0.15, -0.1) is 0 Å². The fraction of sp³-hybridized carbons (Fsp3) is 0.278. The SMILES string of the molecule is CN(C(=O)C1COCCO1)c1ccccc1Oc1ccccc1. The molecule has 0 bridgehead atoms. The molecule has 1 aliphatic heterocycles. The first-order valence-corrected chi connectivity index (χ1v) is 7.54. The Bertz CT molecular complexity index is 653. The molecule has 1 unspecified atom stereocenters. The van der Waals surface area contributed by atoms with Crippen LogP contribution in [0.1, 0.15) is 0 Å². The average Bonchev–Trinajstić information content (AvgIpc) is 2.62. The van der Waals surface area contributed by atoms with Gasteiger partial charge in [-0.3, -0.25) is 4.79 Å². The third kappa shape index (κ3) is 3.70. The molecule has 5 heteroatoms. The first kappa shape index (κ1) is 15.5. The summed E-state index contributed by atoms with van der Waals surface area (Å²) in [5, 5.41) is 0. The van der Waals surface area contributed by atoms with E-state index in [1.165, 1.54) is 0 Å². The third-order valence-corrected chi connectivity index (χ3v) is 3.62. The highest BCUT2D eigenvalue weighted by Crippen LogP contribution is 2.32. The van der Waals surface area contributed by atoms with Gasteiger partial charge < -0.3 is 19.1 Å². The number of amides is 1. The lowest BCUT2D eigenvalue weighted by atomic mass is 10.2. The number of rotatable bonds is 4. The number of hydrogen-bond donors (Lipinski definition) is 0. The Morgan fingerprint density at radius 3 is 2.57 bits per heavy atom. The number of nitrogens with zero attached hydrogens (tertiary/aromatic N) is 1. The van der Waals surface area contributed by atoms with Gasteiger partial charge in [0.1, 0.15) is 5.75 Å². The number of anilines is 1. The van der Waals surface area contributed by atoms with Crippen LogP contribution in [0.25, 0.3) is 0 Å². The molecule has 0 radical (unpaired) electrons. The molecule has 1 aliphatic rings. The van der Waals surface area contributed by atoms with E-state index in [9.17, 15) is 4.79 Å². The standard InChI is InChI=1S/C18H19NO4/c1-19(18(20)17-13-21-11-12-22-17)15-9-5-6-10-16(15)23-14-7-3-2-4-8-14/h2-10,17H,11-13H2,1H3. The maximum atomic E-state index is 12.6. The first-order valence-electron chi connectivity index (χ1n) is 7.54. The molecule has 0 N–H and O–H groups in total. The number of carbonyl (C=O) groups is 1. The summed E-state index contributed by atoms with van der Waals surface area (Å²) >= 11 is 0. The van der Waals surface area contributed by atoms with Gasteiger partial charge in [-0.25, -0.2) is 0 Å². The van der Waals surface area contributed by atoms with Crippen LogP contribution in [-0.4, -0.2) is 38.9 Å². The molecule has 120 valence electrons. The van der Waals surface area contributed by atoms with Crippen molar-refractivity contribution in [3.8, 4) is 11.5 Å². The lowest BCUT2D eigenvalue weighted by Gasteiger charge is -2.27. The highest BCUT2D eigenvalue weighted by atomic mass is 16.6. The molecule has 1 saturated heterocycles. The molecule has 2 aromatic carbocycles. The monoisotopic (exact) mass is 313 g/mol. The minimum absolute atomic E-state index is 0.145. The van der Waals surface area contributed by atoms with Gasteiger partial charge >= 0.3 is 0 Å². The summed E-state index contributed by atoms with van der Waals surface area (Å²) in [6, 6.07) is 16.9. The summed E-state index contributed by atoms with van der Waals surface area (Å²) in [6.45, 7) is 1.25. The average molecular weight is 313 g/mol. The van der Waals surface area contributed by atoms with Gasteiger partial charge in [0.05, 0.1) is 25.5 Å². The predicted octanol–water partition coefficient (Wildman–Crippen LogP) is 2.86. The second kappa shape index (κ2) is 7.26. The number of hydrogen-bond acceptors (Lipinski definition) is 4. The molecule has 0 aliphatic carbocycles. The summed E-state index contributed by atoms with van der Waals surface area (Å²) in [5.74, 6) is 1.19. The van der Waals surface area contributed by atoms with Crippen molar-refractivity contribution in [2.45, 2.75) is 6.10 Å². The summed E-state index contributed by atoms with van der Waals surface area (Å²) in [4.78, 5) is 14.1. The van der Waals surface area contributed by atoms with Crippen LogP contribution in [0.5, 0.6) is 11.5 Å². The maximum absolute atomic E-state index is 12.6. The van der Waals surface area contributed by atoms with E-state index in [0.29, 0.717) is 24.7 Å². The van der Waals surface area contributed by atoms with Gasteiger partial charge in [0.15, 0.2) is 11.9 Å². The van der Waals surface area contributed by atoms with Crippen LogP contribution in [0.2, 0.25) is 0 Å². The molecule has 0 spiro atoms. The largest absolute Gasteiger partial charge is 0.455 e. The van der Waals surface area contributed by atoms with Crippen molar-refractivity contribution in [1.82, 2.24) is 0 Å². The van der Waals surface area contributed by atoms with Crippen LogP contribution in [-0.2, 0) is 14.3 Å². The number of benzene rings is 2. The maximum Gasteiger partial charge on any atom is 0.258 e. The van der Waals surface area contributed by atoms with E-state index in [0.717, 1.165) is 5.75 Å². The molecule has 1 fully saturated rings. The minimum Gasteiger partial charge on any atom is -0.455 e. The zero-order chi connectivity index (χ0) is 16.1.